The van der Waals surface area contributed by atoms with Gasteiger partial charge in [-0.1, -0.05) is 19.9 Å². The van der Waals surface area contributed by atoms with E-state index in [0.29, 0.717) is 5.92 Å². The van der Waals surface area contributed by atoms with Crippen molar-refractivity contribution >= 4 is 28.8 Å². The Kier molecular flexibility index (Phi) is 4.09. The molecule has 0 fully saturated rings. The Bertz CT molecular complexity index is 519. The maximum absolute atomic E-state index is 12.0. The van der Waals surface area contributed by atoms with Crippen molar-refractivity contribution < 1.29 is 9.21 Å². The second-order valence-electron chi connectivity index (χ2n) is 4.31. The lowest BCUT2D eigenvalue weighted by molar-refractivity contribution is 0.0898. The molecule has 2 rings (SSSR count). The van der Waals surface area contributed by atoms with Gasteiger partial charge in [-0.3, -0.25) is 4.79 Å². The van der Waals surface area contributed by atoms with Gasteiger partial charge in [0.2, 0.25) is 0 Å². The summed E-state index contributed by atoms with van der Waals surface area (Å²) in [6, 6.07) is 7.12. The summed E-state index contributed by atoms with van der Waals surface area (Å²) in [7, 11) is 0. The molecular weight excluding hydrogens is 270 g/mol. The molecule has 3 nitrogen and oxygen atoms in total. The van der Waals surface area contributed by atoms with Crippen molar-refractivity contribution in [1.29, 1.82) is 0 Å². The van der Waals surface area contributed by atoms with E-state index in [1.54, 1.807) is 23.5 Å². The molecule has 1 amide bonds. The average molecular weight is 284 g/mol. The summed E-state index contributed by atoms with van der Waals surface area (Å²) in [5, 5.41) is 5.19. The molecule has 5 heteroatoms. The van der Waals surface area contributed by atoms with Gasteiger partial charge in [0.05, 0.1) is 6.04 Å². The number of thiophene rings is 1. The first-order valence-corrected chi connectivity index (χ1v) is 6.93. The standard InChI is InChI=1S/C13H14ClNO2S/c1-8(2)12(10-4-3-7-18-10)15-13(16)9-5-6-11(14)17-9/h3-8,12H,1-2H3,(H,15,16). The lowest BCUT2D eigenvalue weighted by Gasteiger charge is -2.20. The molecule has 2 aromatic rings. The Morgan fingerprint density at radius 2 is 2.17 bits per heavy atom. The van der Waals surface area contributed by atoms with Gasteiger partial charge in [0.25, 0.3) is 5.91 Å². The molecule has 1 atom stereocenters. The van der Waals surface area contributed by atoms with Crippen LogP contribution < -0.4 is 5.32 Å². The molecule has 0 radical (unpaired) electrons. The molecule has 0 spiro atoms. The first kappa shape index (κ1) is 13.2. The van der Waals surface area contributed by atoms with E-state index in [2.05, 4.69) is 19.2 Å². The number of hydrogen-bond donors (Lipinski definition) is 1. The molecule has 0 bridgehead atoms. The molecule has 18 heavy (non-hydrogen) atoms. The van der Waals surface area contributed by atoms with E-state index in [4.69, 9.17) is 16.0 Å². The zero-order valence-electron chi connectivity index (χ0n) is 10.1. The zero-order valence-corrected chi connectivity index (χ0v) is 11.7. The van der Waals surface area contributed by atoms with Crippen molar-refractivity contribution in [3.8, 4) is 0 Å². The van der Waals surface area contributed by atoms with Crippen molar-refractivity contribution in [3.05, 3.63) is 45.5 Å². The highest BCUT2D eigenvalue weighted by Gasteiger charge is 2.21. The quantitative estimate of drug-likeness (QED) is 0.917. The van der Waals surface area contributed by atoms with Crippen LogP contribution in [0, 0.1) is 5.92 Å². The summed E-state index contributed by atoms with van der Waals surface area (Å²) >= 11 is 7.29. The van der Waals surface area contributed by atoms with Crippen LogP contribution in [0.1, 0.15) is 35.3 Å². The molecule has 96 valence electrons. The first-order valence-electron chi connectivity index (χ1n) is 5.67. The van der Waals surface area contributed by atoms with Gasteiger partial charge in [0.1, 0.15) is 0 Å². The third-order valence-corrected chi connectivity index (χ3v) is 3.76. The highest BCUT2D eigenvalue weighted by Crippen LogP contribution is 2.26. The summed E-state index contributed by atoms with van der Waals surface area (Å²) in [4.78, 5) is 13.1. The topological polar surface area (TPSA) is 42.2 Å². The van der Waals surface area contributed by atoms with Crippen LogP contribution in [-0.2, 0) is 0 Å². The first-order chi connectivity index (χ1) is 8.58. The van der Waals surface area contributed by atoms with E-state index < -0.39 is 0 Å². The number of halogens is 1. The van der Waals surface area contributed by atoms with Gasteiger partial charge in [0.15, 0.2) is 11.0 Å². The van der Waals surface area contributed by atoms with Crippen LogP contribution in [-0.4, -0.2) is 5.91 Å². The van der Waals surface area contributed by atoms with Gasteiger partial charge in [0, 0.05) is 4.88 Å². The Hall–Kier alpha value is -1.26. The van der Waals surface area contributed by atoms with E-state index in [1.807, 2.05) is 17.5 Å². The van der Waals surface area contributed by atoms with E-state index in [0.717, 1.165) is 4.88 Å². The van der Waals surface area contributed by atoms with E-state index in [-0.39, 0.29) is 22.9 Å². The molecule has 2 aromatic heterocycles. The van der Waals surface area contributed by atoms with E-state index in [1.165, 1.54) is 0 Å². The van der Waals surface area contributed by atoms with Crippen LogP contribution in [0.2, 0.25) is 5.22 Å². The Balaban J connectivity index is 2.13. The molecule has 0 saturated carbocycles. The maximum atomic E-state index is 12.0. The zero-order chi connectivity index (χ0) is 13.1. The smallest absolute Gasteiger partial charge is 0.287 e. The highest BCUT2D eigenvalue weighted by atomic mass is 35.5. The largest absolute Gasteiger partial charge is 0.440 e. The van der Waals surface area contributed by atoms with Gasteiger partial charge >= 0.3 is 0 Å². The lowest BCUT2D eigenvalue weighted by atomic mass is 10.0. The summed E-state index contributed by atoms with van der Waals surface area (Å²) in [5.74, 6) is 0.300. The van der Waals surface area contributed by atoms with E-state index >= 15 is 0 Å². The van der Waals surface area contributed by atoms with Crippen molar-refractivity contribution in [2.75, 3.05) is 0 Å². The average Bonchev–Trinajstić information content (AvgIpc) is 2.95. The van der Waals surface area contributed by atoms with Crippen LogP contribution in [0.3, 0.4) is 0 Å². The Morgan fingerprint density at radius 1 is 1.39 bits per heavy atom. The molecule has 1 N–H and O–H groups in total. The lowest BCUT2D eigenvalue weighted by Crippen LogP contribution is -2.30. The predicted molar refractivity (Wildman–Crippen MR) is 73.1 cm³/mol. The van der Waals surface area contributed by atoms with Crippen molar-refractivity contribution in [2.24, 2.45) is 5.92 Å². The Labute approximate surface area is 115 Å². The van der Waals surface area contributed by atoms with Gasteiger partial charge in [-0.05, 0) is 41.1 Å². The second kappa shape index (κ2) is 5.59. The Morgan fingerprint density at radius 3 is 2.67 bits per heavy atom. The van der Waals surface area contributed by atoms with Crippen LogP contribution in [0.25, 0.3) is 0 Å². The number of rotatable bonds is 4. The number of hydrogen-bond acceptors (Lipinski definition) is 3. The van der Waals surface area contributed by atoms with Crippen molar-refractivity contribution in [3.63, 3.8) is 0 Å². The van der Waals surface area contributed by atoms with Gasteiger partial charge in [-0.25, -0.2) is 0 Å². The molecule has 2 heterocycles. The number of nitrogens with one attached hydrogen (secondary N) is 1. The highest BCUT2D eigenvalue weighted by molar-refractivity contribution is 7.10. The van der Waals surface area contributed by atoms with E-state index in [9.17, 15) is 4.79 Å². The molecule has 0 aliphatic heterocycles. The molecule has 1 unspecified atom stereocenters. The summed E-state index contributed by atoms with van der Waals surface area (Å²) in [6.45, 7) is 4.14. The third-order valence-electron chi connectivity index (χ3n) is 2.60. The maximum Gasteiger partial charge on any atom is 0.287 e. The van der Waals surface area contributed by atoms with Crippen molar-refractivity contribution in [1.82, 2.24) is 5.32 Å². The van der Waals surface area contributed by atoms with Gasteiger partial charge in [-0.15, -0.1) is 11.3 Å². The summed E-state index contributed by atoms with van der Waals surface area (Å²) < 4.78 is 5.10. The predicted octanol–water partition coefficient (Wildman–Crippen LogP) is 4.12. The minimum atomic E-state index is -0.242. The number of carbonyl (C=O) groups is 1. The monoisotopic (exact) mass is 283 g/mol. The third kappa shape index (κ3) is 2.94. The fraction of sp³-hybridized carbons (Fsp3) is 0.308. The molecule has 0 aromatic carbocycles. The molecule has 0 aliphatic carbocycles. The van der Waals surface area contributed by atoms with Crippen LogP contribution in [0.5, 0.6) is 0 Å². The normalized spacial score (nSPS) is 12.7. The second-order valence-corrected chi connectivity index (χ2v) is 5.67. The van der Waals surface area contributed by atoms with Crippen LogP contribution in [0.4, 0.5) is 0 Å². The fourth-order valence-electron chi connectivity index (χ4n) is 1.68. The SMILES string of the molecule is CC(C)C(NC(=O)c1ccc(Cl)o1)c1cccs1. The van der Waals surface area contributed by atoms with Crippen LogP contribution in [0.15, 0.2) is 34.1 Å². The van der Waals surface area contributed by atoms with Crippen LogP contribution >= 0.6 is 22.9 Å². The minimum Gasteiger partial charge on any atom is -0.440 e. The minimum absolute atomic E-state index is 0.0126. The molecule has 0 aliphatic rings. The molecule has 0 saturated heterocycles. The fourth-order valence-corrected chi connectivity index (χ4v) is 2.78. The van der Waals surface area contributed by atoms with Crippen molar-refractivity contribution in [2.45, 2.75) is 19.9 Å². The molecular formula is C13H14ClNO2S. The summed E-state index contributed by atoms with van der Waals surface area (Å²) in [6.07, 6.45) is 0. The number of carbonyl (C=O) groups excluding carboxylic acids is 1. The van der Waals surface area contributed by atoms with Gasteiger partial charge in [-0.2, -0.15) is 0 Å². The number of amides is 1. The number of furan rings is 1. The summed E-state index contributed by atoms with van der Waals surface area (Å²) in [5.41, 5.74) is 0. The van der Waals surface area contributed by atoms with Gasteiger partial charge < -0.3 is 9.73 Å².